The molecule has 5 heteroatoms. The van der Waals surface area contributed by atoms with Gasteiger partial charge in [0.05, 0.1) is 5.56 Å². The molecule has 4 nitrogen and oxygen atoms in total. The maximum Gasteiger partial charge on any atom is 0.353 e. The molecule has 1 aliphatic rings. The Hall–Kier alpha value is -3.96. The first-order chi connectivity index (χ1) is 15.2. The van der Waals surface area contributed by atoms with Crippen LogP contribution in [0.1, 0.15) is 25.6 Å². The summed E-state index contributed by atoms with van der Waals surface area (Å²) in [7, 11) is 0. The largest absolute Gasteiger partial charge is 0.452 e. The molecule has 150 valence electrons. The minimum Gasteiger partial charge on any atom is -0.452 e. The van der Waals surface area contributed by atoms with Crippen molar-refractivity contribution in [3.63, 3.8) is 0 Å². The number of rotatable bonds is 4. The van der Waals surface area contributed by atoms with Crippen molar-refractivity contribution in [2.75, 3.05) is 0 Å². The van der Waals surface area contributed by atoms with Gasteiger partial charge in [0.25, 0.3) is 0 Å². The Labute approximate surface area is 183 Å². The second-order valence-electron chi connectivity index (χ2n) is 6.95. The van der Waals surface area contributed by atoms with Crippen LogP contribution in [0.2, 0.25) is 0 Å². The Bertz CT molecular complexity index is 1290. The molecule has 5 rings (SSSR count). The third kappa shape index (κ3) is 3.91. The predicted molar refractivity (Wildman–Crippen MR) is 121 cm³/mol. The zero-order valence-electron chi connectivity index (χ0n) is 16.3. The van der Waals surface area contributed by atoms with E-state index in [1.165, 1.54) is 11.3 Å². The van der Waals surface area contributed by atoms with Gasteiger partial charge in [0.1, 0.15) is 16.4 Å². The van der Waals surface area contributed by atoms with E-state index in [-0.39, 0.29) is 11.5 Å². The summed E-state index contributed by atoms with van der Waals surface area (Å²) in [6, 6.07) is 26.3. The summed E-state index contributed by atoms with van der Waals surface area (Å²) in [6.07, 6.45) is 1.72. The smallest absolute Gasteiger partial charge is 0.353 e. The van der Waals surface area contributed by atoms with Gasteiger partial charge in [0.2, 0.25) is 5.78 Å². The molecular formula is C26H16O4S. The van der Waals surface area contributed by atoms with Gasteiger partial charge in [-0.3, -0.25) is 4.79 Å². The maximum absolute atomic E-state index is 12.7. The minimum absolute atomic E-state index is 0.196. The van der Waals surface area contributed by atoms with E-state index in [1.807, 2.05) is 47.8 Å². The highest BCUT2D eigenvalue weighted by Crippen LogP contribution is 2.35. The zero-order chi connectivity index (χ0) is 21.2. The minimum atomic E-state index is -0.437. The summed E-state index contributed by atoms with van der Waals surface area (Å²) in [4.78, 5) is 25.4. The Morgan fingerprint density at radius 3 is 2.39 bits per heavy atom. The number of thiophene rings is 1. The first-order valence-corrected chi connectivity index (χ1v) is 10.5. The highest BCUT2D eigenvalue weighted by atomic mass is 32.1. The van der Waals surface area contributed by atoms with Crippen molar-refractivity contribution < 1.29 is 19.1 Å². The van der Waals surface area contributed by atoms with Gasteiger partial charge in [-0.05, 0) is 46.3 Å². The molecule has 1 aliphatic heterocycles. The summed E-state index contributed by atoms with van der Waals surface area (Å²) < 4.78 is 11.2. The zero-order valence-corrected chi connectivity index (χ0v) is 17.1. The normalized spacial score (nSPS) is 13.7. The van der Waals surface area contributed by atoms with Gasteiger partial charge < -0.3 is 9.47 Å². The summed E-state index contributed by atoms with van der Waals surface area (Å²) >= 11 is 1.31. The van der Waals surface area contributed by atoms with E-state index in [2.05, 4.69) is 12.1 Å². The van der Waals surface area contributed by atoms with Gasteiger partial charge in [-0.2, -0.15) is 0 Å². The number of ether oxygens (including phenoxy) is 2. The van der Waals surface area contributed by atoms with Gasteiger partial charge in [-0.25, -0.2) is 4.79 Å². The lowest BCUT2D eigenvalue weighted by molar-refractivity contribution is 0.0739. The van der Waals surface area contributed by atoms with Crippen LogP contribution < -0.4 is 9.47 Å². The topological polar surface area (TPSA) is 52.6 Å². The molecule has 0 spiro atoms. The van der Waals surface area contributed by atoms with E-state index in [0.29, 0.717) is 21.9 Å². The van der Waals surface area contributed by atoms with Crippen molar-refractivity contribution in [1.82, 2.24) is 0 Å². The SMILES string of the molecule is O=C(Oc1ccc2c(c1)O/C(=C\c1ccc(-c3ccccc3)cc1)C2=O)c1cccs1. The second kappa shape index (κ2) is 8.05. The molecule has 0 N–H and O–H groups in total. The van der Waals surface area contributed by atoms with Crippen LogP contribution in [0, 0.1) is 0 Å². The number of hydrogen-bond donors (Lipinski definition) is 0. The third-order valence-electron chi connectivity index (χ3n) is 4.89. The fraction of sp³-hybridized carbons (Fsp3) is 0. The van der Waals surface area contributed by atoms with Crippen molar-refractivity contribution >= 4 is 29.2 Å². The third-order valence-corrected chi connectivity index (χ3v) is 5.74. The highest BCUT2D eigenvalue weighted by Gasteiger charge is 2.28. The maximum atomic E-state index is 12.7. The molecular weight excluding hydrogens is 408 g/mol. The number of carbonyl (C=O) groups is 2. The Balaban J connectivity index is 1.34. The van der Waals surface area contributed by atoms with E-state index in [1.54, 1.807) is 36.4 Å². The van der Waals surface area contributed by atoms with E-state index < -0.39 is 5.97 Å². The van der Waals surface area contributed by atoms with Crippen LogP contribution in [0.5, 0.6) is 11.5 Å². The first kappa shape index (κ1) is 19.0. The van der Waals surface area contributed by atoms with Gasteiger partial charge in [0, 0.05) is 6.07 Å². The van der Waals surface area contributed by atoms with Gasteiger partial charge in [0.15, 0.2) is 5.76 Å². The fourth-order valence-corrected chi connectivity index (χ4v) is 3.94. The predicted octanol–water partition coefficient (Wildman–Crippen LogP) is 6.25. The second-order valence-corrected chi connectivity index (χ2v) is 7.90. The van der Waals surface area contributed by atoms with Crippen LogP contribution >= 0.6 is 11.3 Å². The van der Waals surface area contributed by atoms with Gasteiger partial charge in [-0.1, -0.05) is 60.7 Å². The Kier molecular flexibility index (Phi) is 4.94. The van der Waals surface area contributed by atoms with Crippen LogP contribution in [0.25, 0.3) is 17.2 Å². The molecule has 0 saturated heterocycles. The van der Waals surface area contributed by atoms with Crippen molar-refractivity contribution in [2.24, 2.45) is 0 Å². The van der Waals surface area contributed by atoms with Crippen LogP contribution in [-0.4, -0.2) is 11.8 Å². The molecule has 0 aliphatic carbocycles. The molecule has 0 fully saturated rings. The van der Waals surface area contributed by atoms with Crippen LogP contribution in [0.3, 0.4) is 0 Å². The van der Waals surface area contributed by atoms with Crippen LogP contribution in [0.4, 0.5) is 0 Å². The lowest BCUT2D eigenvalue weighted by Crippen LogP contribution is -2.06. The highest BCUT2D eigenvalue weighted by molar-refractivity contribution is 7.12. The molecule has 0 amide bonds. The van der Waals surface area contributed by atoms with E-state index >= 15 is 0 Å². The van der Waals surface area contributed by atoms with Crippen LogP contribution in [0.15, 0.2) is 96.1 Å². The number of Topliss-reactive ketones (excluding diaryl/α,β-unsaturated/α-hetero) is 1. The molecule has 0 atom stereocenters. The number of benzene rings is 3. The number of hydrogen-bond acceptors (Lipinski definition) is 5. The average molecular weight is 424 g/mol. The molecule has 1 aromatic heterocycles. The molecule has 31 heavy (non-hydrogen) atoms. The first-order valence-electron chi connectivity index (χ1n) is 9.67. The monoisotopic (exact) mass is 424 g/mol. The summed E-state index contributed by atoms with van der Waals surface area (Å²) in [5, 5.41) is 1.81. The summed E-state index contributed by atoms with van der Waals surface area (Å²) in [5.74, 6) is 0.322. The lowest BCUT2D eigenvalue weighted by Gasteiger charge is -2.04. The molecule has 0 unspecified atom stereocenters. The Morgan fingerprint density at radius 1 is 0.871 bits per heavy atom. The number of esters is 1. The molecule has 4 aromatic rings. The summed E-state index contributed by atoms with van der Waals surface area (Å²) in [6.45, 7) is 0. The van der Waals surface area contributed by atoms with Crippen molar-refractivity contribution in [1.29, 1.82) is 0 Å². The van der Waals surface area contributed by atoms with E-state index in [4.69, 9.17) is 9.47 Å². The number of fused-ring (bicyclic) bond motifs is 1. The van der Waals surface area contributed by atoms with E-state index in [9.17, 15) is 9.59 Å². The molecule has 0 radical (unpaired) electrons. The fourth-order valence-electron chi connectivity index (χ4n) is 3.34. The molecule has 0 bridgehead atoms. The van der Waals surface area contributed by atoms with E-state index in [0.717, 1.165) is 16.7 Å². The molecule has 3 aromatic carbocycles. The van der Waals surface area contributed by atoms with Crippen molar-refractivity contribution in [3.8, 4) is 22.6 Å². The number of ketones is 1. The average Bonchev–Trinajstić information content (AvgIpc) is 3.44. The van der Waals surface area contributed by atoms with Gasteiger partial charge in [-0.15, -0.1) is 11.3 Å². The molecule has 2 heterocycles. The Morgan fingerprint density at radius 2 is 1.65 bits per heavy atom. The molecule has 0 saturated carbocycles. The lowest BCUT2D eigenvalue weighted by atomic mass is 10.0. The number of allylic oxidation sites excluding steroid dienone is 1. The summed E-state index contributed by atoms with van der Waals surface area (Å²) in [5.41, 5.74) is 3.54. The van der Waals surface area contributed by atoms with Gasteiger partial charge >= 0.3 is 5.97 Å². The van der Waals surface area contributed by atoms with Crippen LogP contribution in [-0.2, 0) is 0 Å². The van der Waals surface area contributed by atoms with Crippen molar-refractivity contribution in [3.05, 3.63) is 112 Å². The quantitative estimate of drug-likeness (QED) is 0.221. The van der Waals surface area contributed by atoms with Crippen molar-refractivity contribution in [2.45, 2.75) is 0 Å². The standard InChI is InChI=1S/C26H16O4S/c27-25-21-13-12-20(29-26(28)24-7-4-14-31-24)16-22(21)30-23(25)15-17-8-10-19(11-9-17)18-5-2-1-3-6-18/h1-16H/b23-15-. The number of carbonyl (C=O) groups excluding carboxylic acids is 2.